The third kappa shape index (κ3) is 2.67. The Hall–Kier alpha value is -1.83. The van der Waals surface area contributed by atoms with Gasteiger partial charge in [0.05, 0.1) is 16.3 Å². The highest BCUT2D eigenvalue weighted by Crippen LogP contribution is 2.40. The summed E-state index contributed by atoms with van der Waals surface area (Å²) in [6.07, 6.45) is 1.65. The second-order valence-electron chi connectivity index (χ2n) is 6.43. The van der Waals surface area contributed by atoms with Gasteiger partial charge >= 0.3 is 5.63 Å². The summed E-state index contributed by atoms with van der Waals surface area (Å²) in [6.45, 7) is 4.18. The number of hydrogen-bond donors (Lipinski definition) is 0. The van der Waals surface area contributed by atoms with Gasteiger partial charge in [-0.25, -0.2) is 13.2 Å². The molecule has 0 saturated heterocycles. The second kappa shape index (κ2) is 5.59. The Kier molecular flexibility index (Phi) is 3.72. The predicted molar refractivity (Wildman–Crippen MR) is 94.7 cm³/mol. The Morgan fingerprint density at radius 1 is 1.28 bits per heavy atom. The third-order valence-electron chi connectivity index (χ3n) is 4.86. The molecule has 25 heavy (non-hydrogen) atoms. The fourth-order valence-corrected chi connectivity index (χ4v) is 4.89. The Labute approximate surface area is 149 Å². The first kappa shape index (κ1) is 16.6. The third-order valence-corrected chi connectivity index (χ3v) is 6.52. The number of hydrogen-bond acceptors (Lipinski definition) is 6. The lowest BCUT2D eigenvalue weighted by Crippen LogP contribution is -2.41. The minimum absolute atomic E-state index is 0.0201. The van der Waals surface area contributed by atoms with Crippen molar-refractivity contribution in [2.24, 2.45) is 0 Å². The number of halogens is 1. The normalized spacial score (nSPS) is 22.1. The van der Waals surface area contributed by atoms with Gasteiger partial charge in [0, 0.05) is 28.9 Å². The van der Waals surface area contributed by atoms with Crippen LogP contribution in [0.2, 0.25) is 5.02 Å². The van der Waals surface area contributed by atoms with E-state index in [0.717, 1.165) is 10.9 Å². The number of rotatable bonds is 1. The van der Waals surface area contributed by atoms with Crippen molar-refractivity contribution >= 4 is 32.4 Å². The molecule has 0 saturated carbocycles. The van der Waals surface area contributed by atoms with Gasteiger partial charge in [0.1, 0.15) is 18.1 Å². The Morgan fingerprint density at radius 3 is 2.72 bits per heavy atom. The van der Waals surface area contributed by atoms with Crippen LogP contribution in [0.4, 0.5) is 0 Å². The number of fused-ring (bicyclic) bond motifs is 3. The van der Waals surface area contributed by atoms with Crippen LogP contribution >= 0.6 is 11.6 Å². The molecule has 4 rings (SSSR count). The molecule has 0 spiro atoms. The number of aryl methyl sites for hydroxylation is 1. The molecule has 2 aliphatic heterocycles. The number of sulfone groups is 1. The standard InChI is InChI=1S/C17H16ClNO5S/c1-9-10(2)17(20)24-15-12(9)5-14(18)16-13(15)6-19(8-23-16)11-3-4-25(21,22)7-11/h3-5,11H,6-8H2,1-2H3/t11-/m0/s1. The Balaban J connectivity index is 1.85. The van der Waals surface area contributed by atoms with E-state index in [2.05, 4.69) is 0 Å². The highest BCUT2D eigenvalue weighted by Gasteiger charge is 2.32. The van der Waals surface area contributed by atoms with Crippen LogP contribution in [0.15, 0.2) is 26.8 Å². The Bertz CT molecular complexity index is 1090. The predicted octanol–water partition coefficient (Wildman–Crippen LogP) is 2.53. The van der Waals surface area contributed by atoms with Crippen LogP contribution in [-0.4, -0.2) is 31.8 Å². The van der Waals surface area contributed by atoms with E-state index >= 15 is 0 Å². The lowest BCUT2D eigenvalue weighted by Gasteiger charge is -2.33. The van der Waals surface area contributed by atoms with Gasteiger partial charge in [0.2, 0.25) is 0 Å². The van der Waals surface area contributed by atoms with E-state index in [4.69, 9.17) is 20.8 Å². The van der Waals surface area contributed by atoms with Crippen LogP contribution in [0.3, 0.4) is 0 Å². The smallest absolute Gasteiger partial charge is 0.339 e. The van der Waals surface area contributed by atoms with Gasteiger partial charge in [-0.05, 0) is 25.5 Å². The molecule has 2 aromatic rings. The first-order valence-corrected chi connectivity index (χ1v) is 9.89. The molecule has 0 unspecified atom stereocenters. The summed E-state index contributed by atoms with van der Waals surface area (Å²) in [7, 11) is -3.17. The van der Waals surface area contributed by atoms with Crippen LogP contribution in [0, 0.1) is 13.8 Å². The van der Waals surface area contributed by atoms with Gasteiger partial charge < -0.3 is 9.15 Å². The topological polar surface area (TPSA) is 76.8 Å². The number of benzene rings is 1. The van der Waals surface area contributed by atoms with Gasteiger partial charge in [-0.2, -0.15) is 0 Å². The fraction of sp³-hybridized carbons (Fsp3) is 0.353. The molecular weight excluding hydrogens is 366 g/mol. The molecule has 0 N–H and O–H groups in total. The maximum Gasteiger partial charge on any atom is 0.339 e. The molecule has 0 radical (unpaired) electrons. The van der Waals surface area contributed by atoms with Crippen molar-refractivity contribution in [3.05, 3.63) is 49.7 Å². The molecule has 1 aromatic carbocycles. The van der Waals surface area contributed by atoms with Gasteiger partial charge in [-0.1, -0.05) is 17.7 Å². The highest BCUT2D eigenvalue weighted by atomic mass is 35.5. The molecule has 1 aromatic heterocycles. The molecule has 0 bridgehead atoms. The molecule has 1 atom stereocenters. The van der Waals surface area contributed by atoms with Crippen LogP contribution in [0.5, 0.6) is 5.75 Å². The van der Waals surface area contributed by atoms with Crippen LogP contribution in [0.1, 0.15) is 16.7 Å². The highest BCUT2D eigenvalue weighted by molar-refractivity contribution is 7.94. The molecule has 3 heterocycles. The minimum atomic E-state index is -3.17. The van der Waals surface area contributed by atoms with Crippen LogP contribution < -0.4 is 10.4 Å². The molecule has 2 aliphatic rings. The van der Waals surface area contributed by atoms with E-state index in [1.54, 1.807) is 19.1 Å². The number of ether oxygens (including phenoxy) is 1. The molecule has 8 heteroatoms. The summed E-state index contributed by atoms with van der Waals surface area (Å²) in [5.74, 6) is 0.508. The van der Waals surface area contributed by atoms with Gasteiger partial charge in [0.25, 0.3) is 0 Å². The van der Waals surface area contributed by atoms with Crippen molar-refractivity contribution in [1.29, 1.82) is 0 Å². The van der Waals surface area contributed by atoms with E-state index in [1.165, 1.54) is 5.41 Å². The summed E-state index contributed by atoms with van der Waals surface area (Å²) in [5.41, 5.74) is 2.09. The van der Waals surface area contributed by atoms with Crippen LogP contribution in [-0.2, 0) is 16.4 Å². The summed E-state index contributed by atoms with van der Waals surface area (Å²) in [5, 5.41) is 2.45. The lowest BCUT2D eigenvalue weighted by molar-refractivity contribution is 0.0800. The van der Waals surface area contributed by atoms with E-state index in [1.807, 2.05) is 11.8 Å². The van der Waals surface area contributed by atoms with Crippen LogP contribution in [0.25, 0.3) is 11.0 Å². The summed E-state index contributed by atoms with van der Waals surface area (Å²) >= 11 is 6.36. The van der Waals surface area contributed by atoms with E-state index in [9.17, 15) is 13.2 Å². The van der Waals surface area contributed by atoms with Crippen molar-refractivity contribution < 1.29 is 17.6 Å². The lowest BCUT2D eigenvalue weighted by atomic mass is 10.0. The quantitative estimate of drug-likeness (QED) is 0.706. The first-order valence-electron chi connectivity index (χ1n) is 7.80. The van der Waals surface area contributed by atoms with Crippen molar-refractivity contribution in [2.75, 3.05) is 12.5 Å². The van der Waals surface area contributed by atoms with Crippen molar-refractivity contribution in [2.45, 2.75) is 26.4 Å². The van der Waals surface area contributed by atoms with Crippen molar-refractivity contribution in [1.82, 2.24) is 4.90 Å². The van der Waals surface area contributed by atoms with E-state index in [0.29, 0.717) is 34.0 Å². The molecule has 0 fully saturated rings. The molecule has 0 amide bonds. The van der Waals surface area contributed by atoms with Crippen molar-refractivity contribution in [3.8, 4) is 5.75 Å². The second-order valence-corrected chi connectivity index (χ2v) is 8.77. The van der Waals surface area contributed by atoms with Gasteiger partial charge in [-0.15, -0.1) is 0 Å². The maximum atomic E-state index is 12.1. The SMILES string of the molecule is Cc1c(C)c2cc(Cl)c3c(c2oc1=O)CN([C@H]1C=CS(=O)(=O)C1)CO3. The summed E-state index contributed by atoms with van der Waals surface area (Å²) in [4.78, 5) is 14.0. The molecule has 6 nitrogen and oxygen atoms in total. The number of nitrogens with zero attached hydrogens (tertiary/aromatic N) is 1. The Morgan fingerprint density at radius 2 is 2.04 bits per heavy atom. The van der Waals surface area contributed by atoms with E-state index in [-0.39, 0.29) is 18.5 Å². The minimum Gasteiger partial charge on any atom is -0.476 e. The maximum absolute atomic E-state index is 12.1. The largest absolute Gasteiger partial charge is 0.476 e. The first-order chi connectivity index (χ1) is 11.8. The summed E-state index contributed by atoms with van der Waals surface area (Å²) < 4.78 is 34.7. The average Bonchev–Trinajstić information content (AvgIpc) is 2.94. The fourth-order valence-electron chi connectivity index (χ4n) is 3.28. The average molecular weight is 382 g/mol. The summed E-state index contributed by atoms with van der Waals surface area (Å²) in [6, 6.07) is 1.47. The zero-order chi connectivity index (χ0) is 17.9. The monoisotopic (exact) mass is 381 g/mol. The van der Waals surface area contributed by atoms with Gasteiger partial charge in [-0.3, -0.25) is 4.90 Å². The molecule has 0 aliphatic carbocycles. The van der Waals surface area contributed by atoms with Gasteiger partial charge in [0.15, 0.2) is 9.84 Å². The van der Waals surface area contributed by atoms with E-state index < -0.39 is 15.5 Å². The zero-order valence-corrected chi connectivity index (χ0v) is 15.3. The molecular formula is C17H16ClNO5S. The zero-order valence-electron chi connectivity index (χ0n) is 13.7. The van der Waals surface area contributed by atoms with Crippen molar-refractivity contribution in [3.63, 3.8) is 0 Å². The molecule has 132 valence electrons.